The lowest BCUT2D eigenvalue weighted by Crippen LogP contribution is -2.33. The number of rotatable bonds is 6. The molecule has 0 bridgehead atoms. The van der Waals surface area contributed by atoms with Gasteiger partial charge in [0.15, 0.2) is 6.61 Å². The van der Waals surface area contributed by atoms with Crippen LogP contribution in [-0.2, 0) is 0 Å². The molecule has 0 unspecified atom stereocenters. The van der Waals surface area contributed by atoms with E-state index in [2.05, 4.69) is 9.72 Å². The van der Waals surface area contributed by atoms with E-state index in [1.807, 2.05) is 6.92 Å². The Hall–Kier alpha value is -1.37. The van der Waals surface area contributed by atoms with Gasteiger partial charge in [-0.3, -0.25) is 4.98 Å². The quantitative estimate of drug-likeness (QED) is 0.805. The monoisotopic (exact) mass is 266 g/mol. The third-order valence-corrected chi connectivity index (χ3v) is 2.33. The molecule has 0 spiro atoms. The van der Waals surface area contributed by atoms with Gasteiger partial charge in [-0.25, -0.2) is 8.78 Å². The number of hydrogen-bond acceptors (Lipinski definition) is 3. The number of nitrogens with zero attached hydrogens (tertiary/aromatic N) is 1. The Morgan fingerprint density at radius 3 is 2.50 bits per heavy atom. The van der Waals surface area contributed by atoms with E-state index in [0.29, 0.717) is 12.1 Å². The molecular weight excluding hydrogens is 252 g/mol. The summed E-state index contributed by atoms with van der Waals surface area (Å²) in [4.78, 5) is 3.91. The Bertz CT molecular complexity index is 370. The molecule has 0 fully saturated rings. The molecule has 0 aliphatic heterocycles. The fourth-order valence-electron chi connectivity index (χ4n) is 1.15. The number of ether oxygens (including phenoxy) is 1. The Balaban J connectivity index is 2.59. The highest BCUT2D eigenvalue weighted by Crippen LogP contribution is 2.24. The highest BCUT2D eigenvalue weighted by molar-refractivity contribution is 5.21. The standard InChI is InChI=1S/C11H14F4N2O/c1-2-8(16)9-4-3-7(5-17-9)18-6-11(14,15)10(12)13/h3-5,8,10H,2,6,16H2,1H3/t8-/m0/s1. The van der Waals surface area contributed by atoms with Crippen LogP contribution in [0.5, 0.6) is 5.75 Å². The molecule has 1 aromatic heterocycles. The number of alkyl halides is 4. The van der Waals surface area contributed by atoms with Crippen molar-refractivity contribution in [1.29, 1.82) is 0 Å². The molecule has 1 atom stereocenters. The zero-order valence-electron chi connectivity index (χ0n) is 9.75. The SMILES string of the molecule is CC[C@H](N)c1ccc(OCC(F)(F)C(F)F)cn1. The first kappa shape index (κ1) is 14.7. The maximum absolute atomic E-state index is 12.6. The van der Waals surface area contributed by atoms with Gasteiger partial charge in [-0.15, -0.1) is 0 Å². The van der Waals surface area contributed by atoms with Gasteiger partial charge < -0.3 is 10.5 Å². The fourth-order valence-corrected chi connectivity index (χ4v) is 1.15. The molecule has 18 heavy (non-hydrogen) atoms. The molecule has 102 valence electrons. The van der Waals surface area contributed by atoms with Crippen LogP contribution in [0.25, 0.3) is 0 Å². The summed E-state index contributed by atoms with van der Waals surface area (Å²) in [5, 5.41) is 0. The average molecular weight is 266 g/mol. The number of hydrogen-bond donors (Lipinski definition) is 1. The molecule has 0 aliphatic rings. The molecule has 0 saturated carbocycles. The maximum Gasteiger partial charge on any atom is 0.340 e. The van der Waals surface area contributed by atoms with E-state index < -0.39 is 19.0 Å². The van der Waals surface area contributed by atoms with Gasteiger partial charge in [0.2, 0.25) is 0 Å². The van der Waals surface area contributed by atoms with Crippen molar-refractivity contribution in [2.24, 2.45) is 5.73 Å². The van der Waals surface area contributed by atoms with Crippen molar-refractivity contribution in [1.82, 2.24) is 4.98 Å². The van der Waals surface area contributed by atoms with Crippen LogP contribution in [0.4, 0.5) is 17.6 Å². The summed E-state index contributed by atoms with van der Waals surface area (Å²) >= 11 is 0. The molecule has 0 aliphatic carbocycles. The van der Waals surface area contributed by atoms with Gasteiger partial charge in [0.05, 0.1) is 11.9 Å². The second-order valence-corrected chi connectivity index (χ2v) is 3.78. The van der Waals surface area contributed by atoms with Crippen molar-refractivity contribution in [3.05, 3.63) is 24.0 Å². The van der Waals surface area contributed by atoms with Crippen LogP contribution in [0.2, 0.25) is 0 Å². The van der Waals surface area contributed by atoms with Crippen molar-refractivity contribution in [2.45, 2.75) is 31.7 Å². The molecule has 3 nitrogen and oxygen atoms in total. The molecule has 0 aromatic carbocycles. The minimum Gasteiger partial charge on any atom is -0.485 e. The Labute approximate surface area is 102 Å². The molecule has 2 N–H and O–H groups in total. The smallest absolute Gasteiger partial charge is 0.340 e. The minimum absolute atomic E-state index is 0.00220. The number of aromatic nitrogens is 1. The van der Waals surface area contributed by atoms with E-state index in [-0.39, 0.29) is 11.8 Å². The van der Waals surface area contributed by atoms with Crippen LogP contribution in [0, 0.1) is 0 Å². The van der Waals surface area contributed by atoms with E-state index >= 15 is 0 Å². The van der Waals surface area contributed by atoms with E-state index in [9.17, 15) is 17.6 Å². The van der Waals surface area contributed by atoms with E-state index in [1.165, 1.54) is 18.3 Å². The van der Waals surface area contributed by atoms with Crippen LogP contribution in [0.15, 0.2) is 18.3 Å². The summed E-state index contributed by atoms with van der Waals surface area (Å²) in [7, 11) is 0. The van der Waals surface area contributed by atoms with Gasteiger partial charge in [-0.1, -0.05) is 6.92 Å². The summed E-state index contributed by atoms with van der Waals surface area (Å²) in [5.74, 6) is -4.17. The van der Waals surface area contributed by atoms with Gasteiger partial charge in [0, 0.05) is 6.04 Å². The largest absolute Gasteiger partial charge is 0.485 e. The molecule has 1 aromatic rings. The predicted molar refractivity (Wildman–Crippen MR) is 57.9 cm³/mol. The van der Waals surface area contributed by atoms with Crippen molar-refractivity contribution in [3.8, 4) is 5.75 Å². The van der Waals surface area contributed by atoms with Gasteiger partial charge in [0.1, 0.15) is 5.75 Å². The topological polar surface area (TPSA) is 48.1 Å². The highest BCUT2D eigenvalue weighted by atomic mass is 19.3. The summed E-state index contributed by atoms with van der Waals surface area (Å²) < 4.78 is 53.5. The van der Waals surface area contributed by atoms with E-state index in [1.54, 1.807) is 0 Å². The van der Waals surface area contributed by atoms with Gasteiger partial charge >= 0.3 is 12.3 Å². The number of nitrogens with two attached hydrogens (primary N) is 1. The first-order chi connectivity index (χ1) is 8.36. The normalized spacial score (nSPS) is 13.7. The van der Waals surface area contributed by atoms with E-state index in [4.69, 9.17) is 5.73 Å². The van der Waals surface area contributed by atoms with Gasteiger partial charge in [-0.05, 0) is 18.6 Å². The lowest BCUT2D eigenvalue weighted by Gasteiger charge is -2.16. The van der Waals surface area contributed by atoms with Crippen LogP contribution in [0.3, 0.4) is 0 Å². The zero-order valence-corrected chi connectivity index (χ0v) is 9.75. The molecule has 0 amide bonds. The molecule has 0 saturated heterocycles. The first-order valence-electron chi connectivity index (χ1n) is 5.37. The van der Waals surface area contributed by atoms with Crippen LogP contribution in [0.1, 0.15) is 25.1 Å². The van der Waals surface area contributed by atoms with Gasteiger partial charge in [0.25, 0.3) is 0 Å². The summed E-state index contributed by atoms with van der Waals surface area (Å²) in [5.41, 5.74) is 6.29. The lowest BCUT2D eigenvalue weighted by atomic mass is 10.1. The summed E-state index contributed by atoms with van der Waals surface area (Å²) in [6.45, 7) is 0.492. The van der Waals surface area contributed by atoms with Gasteiger partial charge in [-0.2, -0.15) is 8.78 Å². The lowest BCUT2D eigenvalue weighted by molar-refractivity contribution is -0.148. The van der Waals surface area contributed by atoms with Crippen molar-refractivity contribution >= 4 is 0 Å². The number of halogens is 4. The first-order valence-corrected chi connectivity index (χ1v) is 5.37. The third-order valence-electron chi connectivity index (χ3n) is 2.33. The molecule has 7 heteroatoms. The molecule has 1 heterocycles. The summed E-state index contributed by atoms with van der Waals surface area (Å²) in [6.07, 6.45) is -1.89. The maximum atomic E-state index is 12.6. The fraction of sp³-hybridized carbons (Fsp3) is 0.545. The molecule has 1 rings (SSSR count). The highest BCUT2D eigenvalue weighted by Gasteiger charge is 2.41. The van der Waals surface area contributed by atoms with Crippen LogP contribution >= 0.6 is 0 Å². The Kier molecular flexibility index (Phi) is 4.89. The minimum atomic E-state index is -4.17. The Morgan fingerprint density at radius 2 is 2.06 bits per heavy atom. The van der Waals surface area contributed by atoms with Crippen molar-refractivity contribution < 1.29 is 22.3 Å². The summed E-state index contributed by atoms with van der Waals surface area (Å²) in [6, 6.07) is 2.64. The number of pyridine rings is 1. The third kappa shape index (κ3) is 3.83. The second kappa shape index (κ2) is 5.99. The molecule has 0 radical (unpaired) electrons. The van der Waals surface area contributed by atoms with E-state index in [0.717, 1.165) is 0 Å². The van der Waals surface area contributed by atoms with Crippen molar-refractivity contribution in [3.63, 3.8) is 0 Å². The molecular formula is C11H14F4N2O. The van der Waals surface area contributed by atoms with Crippen LogP contribution in [-0.4, -0.2) is 23.9 Å². The average Bonchev–Trinajstić information content (AvgIpc) is 2.36. The van der Waals surface area contributed by atoms with Crippen LogP contribution < -0.4 is 10.5 Å². The zero-order chi connectivity index (χ0) is 13.8. The Morgan fingerprint density at radius 1 is 1.39 bits per heavy atom. The van der Waals surface area contributed by atoms with Crippen molar-refractivity contribution in [2.75, 3.05) is 6.61 Å². The predicted octanol–water partition coefficient (Wildman–Crippen LogP) is 2.77. The second-order valence-electron chi connectivity index (χ2n) is 3.78.